The lowest BCUT2D eigenvalue weighted by atomic mass is 10.1. The Labute approximate surface area is 110 Å². The molecule has 0 aliphatic carbocycles. The second kappa shape index (κ2) is 5.24. The monoisotopic (exact) mass is 285 g/mol. The minimum absolute atomic E-state index is 0.0965. The number of carbonyl (C=O) groups excluding carboxylic acids is 1. The first kappa shape index (κ1) is 13.9. The maximum Gasteiger partial charge on any atom is 0.435 e. The van der Waals surface area contributed by atoms with Crippen molar-refractivity contribution in [1.82, 2.24) is 9.97 Å². The van der Waals surface area contributed by atoms with Gasteiger partial charge in [-0.3, -0.25) is 9.78 Å². The van der Waals surface area contributed by atoms with E-state index in [9.17, 15) is 22.4 Å². The number of hydrogen-bond donors (Lipinski definition) is 1. The lowest BCUT2D eigenvalue weighted by Crippen LogP contribution is -2.13. The Morgan fingerprint density at radius 3 is 2.55 bits per heavy atom. The van der Waals surface area contributed by atoms with Gasteiger partial charge in [-0.05, 0) is 18.2 Å². The molecule has 4 nitrogen and oxygen atoms in total. The summed E-state index contributed by atoms with van der Waals surface area (Å²) < 4.78 is 51.5. The summed E-state index contributed by atoms with van der Waals surface area (Å²) in [5.74, 6) is -0.687. The van der Waals surface area contributed by atoms with Gasteiger partial charge in [0.2, 0.25) is 6.41 Å². The molecule has 0 unspecified atom stereocenters. The predicted molar refractivity (Wildman–Crippen MR) is 62.1 cm³/mol. The summed E-state index contributed by atoms with van der Waals surface area (Å²) in [4.78, 5) is 17.3. The molecule has 1 N–H and O–H groups in total. The number of alkyl halides is 3. The summed E-state index contributed by atoms with van der Waals surface area (Å²) in [7, 11) is 0. The van der Waals surface area contributed by atoms with E-state index in [0.29, 0.717) is 0 Å². The van der Waals surface area contributed by atoms with E-state index in [2.05, 4.69) is 9.97 Å². The molecule has 0 aromatic carbocycles. The number of rotatable bonds is 3. The fourth-order valence-electron chi connectivity index (χ4n) is 1.57. The summed E-state index contributed by atoms with van der Waals surface area (Å²) in [6.07, 6.45) is -2.51. The molecule has 20 heavy (non-hydrogen) atoms. The van der Waals surface area contributed by atoms with Crippen LogP contribution < -0.4 is 5.32 Å². The number of aromatic nitrogens is 2. The van der Waals surface area contributed by atoms with E-state index >= 15 is 0 Å². The summed E-state index contributed by atoms with van der Waals surface area (Å²) in [5.41, 5.74) is -1.72. The number of carbonyl (C=O) groups is 1. The maximum atomic E-state index is 13.0. The number of amides is 1. The number of nitrogens with one attached hydrogen (secondary N) is 1. The highest BCUT2D eigenvalue weighted by Gasteiger charge is 2.36. The molecule has 0 saturated heterocycles. The first-order valence-electron chi connectivity index (χ1n) is 5.31. The van der Waals surface area contributed by atoms with Crippen LogP contribution in [0.15, 0.2) is 30.6 Å². The fourth-order valence-corrected chi connectivity index (χ4v) is 1.57. The average molecular weight is 285 g/mol. The van der Waals surface area contributed by atoms with Crippen LogP contribution in [-0.4, -0.2) is 16.4 Å². The molecule has 0 saturated carbocycles. The molecule has 104 valence electrons. The minimum Gasteiger partial charge on any atom is -0.327 e. The summed E-state index contributed by atoms with van der Waals surface area (Å²) >= 11 is 0. The van der Waals surface area contributed by atoms with Crippen molar-refractivity contribution < 1.29 is 22.4 Å². The largest absolute Gasteiger partial charge is 0.435 e. The molecule has 0 spiro atoms. The molecule has 0 bridgehead atoms. The number of pyridine rings is 2. The van der Waals surface area contributed by atoms with Crippen LogP contribution >= 0.6 is 0 Å². The Bertz CT molecular complexity index is 643. The molecule has 2 aromatic heterocycles. The van der Waals surface area contributed by atoms with Crippen LogP contribution in [0.4, 0.5) is 23.2 Å². The average Bonchev–Trinajstić information content (AvgIpc) is 2.38. The van der Waals surface area contributed by atoms with Crippen LogP contribution in [-0.2, 0) is 11.0 Å². The molecular formula is C12H7F4N3O. The number of halogens is 4. The molecular weight excluding hydrogens is 278 g/mol. The van der Waals surface area contributed by atoms with Crippen molar-refractivity contribution >= 4 is 12.1 Å². The topological polar surface area (TPSA) is 54.9 Å². The van der Waals surface area contributed by atoms with Gasteiger partial charge < -0.3 is 5.32 Å². The zero-order chi connectivity index (χ0) is 14.8. The smallest absolute Gasteiger partial charge is 0.327 e. The van der Waals surface area contributed by atoms with E-state index < -0.39 is 23.4 Å². The zero-order valence-electron chi connectivity index (χ0n) is 9.78. The molecule has 1 amide bonds. The van der Waals surface area contributed by atoms with E-state index in [0.717, 1.165) is 18.3 Å². The predicted octanol–water partition coefficient (Wildman–Crippen LogP) is 2.87. The van der Waals surface area contributed by atoms with E-state index in [4.69, 9.17) is 0 Å². The van der Waals surface area contributed by atoms with E-state index in [1.54, 1.807) is 0 Å². The van der Waals surface area contributed by atoms with Crippen molar-refractivity contribution in [3.05, 3.63) is 42.1 Å². The van der Waals surface area contributed by atoms with Gasteiger partial charge in [-0.2, -0.15) is 13.2 Å². The van der Waals surface area contributed by atoms with Crippen LogP contribution in [0.1, 0.15) is 5.69 Å². The van der Waals surface area contributed by atoms with Gasteiger partial charge in [-0.25, -0.2) is 9.37 Å². The second-order valence-corrected chi connectivity index (χ2v) is 3.74. The quantitative estimate of drug-likeness (QED) is 0.697. The Hall–Kier alpha value is -2.51. The van der Waals surface area contributed by atoms with Crippen LogP contribution in [0.2, 0.25) is 0 Å². The highest BCUT2D eigenvalue weighted by atomic mass is 19.4. The fraction of sp³-hybridized carbons (Fsp3) is 0.0833. The van der Waals surface area contributed by atoms with Crippen LogP contribution in [0, 0.1) is 5.82 Å². The Morgan fingerprint density at radius 1 is 1.20 bits per heavy atom. The van der Waals surface area contributed by atoms with Crippen molar-refractivity contribution in [2.24, 2.45) is 0 Å². The summed E-state index contributed by atoms with van der Waals surface area (Å²) in [6, 6.07) is 3.30. The lowest BCUT2D eigenvalue weighted by molar-refractivity contribution is -0.140. The number of hydrogen-bond acceptors (Lipinski definition) is 3. The first-order valence-corrected chi connectivity index (χ1v) is 5.31. The Balaban J connectivity index is 2.55. The SMILES string of the molecule is O=CNc1ccc(-c2cncc(F)c2)nc1C(F)(F)F. The molecule has 2 aromatic rings. The molecule has 8 heteroatoms. The van der Waals surface area contributed by atoms with E-state index in [1.807, 2.05) is 5.32 Å². The van der Waals surface area contributed by atoms with Gasteiger partial charge in [0.25, 0.3) is 0 Å². The number of nitrogens with zero attached hydrogens (tertiary/aromatic N) is 2. The van der Waals surface area contributed by atoms with Crippen molar-refractivity contribution in [3.8, 4) is 11.3 Å². The highest BCUT2D eigenvalue weighted by Crippen LogP contribution is 2.34. The summed E-state index contributed by atoms with van der Waals surface area (Å²) in [5, 5.41) is 1.92. The minimum atomic E-state index is -4.75. The molecule has 0 aliphatic rings. The van der Waals surface area contributed by atoms with E-state index in [-0.39, 0.29) is 17.7 Å². The van der Waals surface area contributed by atoms with Gasteiger partial charge in [0.15, 0.2) is 5.69 Å². The third-order valence-corrected chi connectivity index (χ3v) is 2.38. The lowest BCUT2D eigenvalue weighted by Gasteiger charge is -2.12. The van der Waals surface area contributed by atoms with Gasteiger partial charge in [0.05, 0.1) is 17.6 Å². The third-order valence-electron chi connectivity index (χ3n) is 2.38. The van der Waals surface area contributed by atoms with E-state index in [1.165, 1.54) is 12.3 Å². The molecule has 0 fully saturated rings. The highest BCUT2D eigenvalue weighted by molar-refractivity contribution is 5.74. The van der Waals surface area contributed by atoms with Crippen LogP contribution in [0.25, 0.3) is 11.3 Å². The Kier molecular flexibility index (Phi) is 3.64. The number of anilines is 1. The molecule has 2 rings (SSSR count). The van der Waals surface area contributed by atoms with Crippen LogP contribution in [0.5, 0.6) is 0 Å². The van der Waals surface area contributed by atoms with Gasteiger partial charge in [0, 0.05) is 11.8 Å². The molecule has 0 radical (unpaired) electrons. The van der Waals surface area contributed by atoms with Gasteiger partial charge in [-0.1, -0.05) is 0 Å². The van der Waals surface area contributed by atoms with Crippen molar-refractivity contribution in [2.75, 3.05) is 5.32 Å². The van der Waals surface area contributed by atoms with Gasteiger partial charge >= 0.3 is 6.18 Å². The molecule has 0 aliphatic heterocycles. The maximum absolute atomic E-state index is 13.0. The normalized spacial score (nSPS) is 11.2. The third kappa shape index (κ3) is 2.90. The molecule has 0 atom stereocenters. The van der Waals surface area contributed by atoms with Gasteiger partial charge in [0.1, 0.15) is 5.82 Å². The first-order chi connectivity index (χ1) is 9.41. The van der Waals surface area contributed by atoms with Crippen molar-refractivity contribution in [3.63, 3.8) is 0 Å². The van der Waals surface area contributed by atoms with Crippen molar-refractivity contribution in [1.29, 1.82) is 0 Å². The Morgan fingerprint density at radius 2 is 1.95 bits per heavy atom. The zero-order valence-corrected chi connectivity index (χ0v) is 9.78. The standard InChI is InChI=1S/C12H7F4N3O/c13-8-3-7(4-17-5-8)9-1-2-10(18-6-20)11(19-9)12(14,15)16/h1-6H,(H,18,20). The van der Waals surface area contributed by atoms with Gasteiger partial charge in [-0.15, -0.1) is 0 Å². The molecule has 2 heterocycles. The van der Waals surface area contributed by atoms with Crippen LogP contribution in [0.3, 0.4) is 0 Å². The summed E-state index contributed by atoms with van der Waals surface area (Å²) in [6.45, 7) is 0. The van der Waals surface area contributed by atoms with Crippen molar-refractivity contribution in [2.45, 2.75) is 6.18 Å². The second-order valence-electron chi connectivity index (χ2n) is 3.74.